The first-order valence-corrected chi connectivity index (χ1v) is 13.0. The van der Waals surface area contributed by atoms with Crippen molar-refractivity contribution in [2.24, 2.45) is 5.41 Å². The van der Waals surface area contributed by atoms with Crippen molar-refractivity contribution in [1.82, 2.24) is 0 Å². The van der Waals surface area contributed by atoms with Crippen molar-refractivity contribution in [2.45, 2.75) is 52.9 Å². The molecule has 0 saturated heterocycles. The summed E-state index contributed by atoms with van der Waals surface area (Å²) in [6.45, 7) is 13.2. The van der Waals surface area contributed by atoms with E-state index >= 15 is 0 Å². The quantitative estimate of drug-likeness (QED) is 0.248. The summed E-state index contributed by atoms with van der Waals surface area (Å²) in [4.78, 5) is 0. The molecular weight excluding hydrogens is 452 g/mol. The Morgan fingerprint density at radius 2 is 1.14 bits per heavy atom. The van der Waals surface area contributed by atoms with Gasteiger partial charge in [-0.15, -0.1) is 0 Å². The summed E-state index contributed by atoms with van der Waals surface area (Å²) in [5.41, 5.74) is 4.72. The molecule has 37 heavy (non-hydrogen) atoms. The topological polar surface area (TPSA) is 40.5 Å². The molecule has 1 unspecified atom stereocenters. The Labute approximate surface area is 220 Å². The Hall–Kier alpha value is -3.78. The highest BCUT2D eigenvalue weighted by Gasteiger charge is 2.35. The number of benzene rings is 5. The average Bonchev–Trinajstić information content (AvgIpc) is 2.84. The molecule has 0 radical (unpaired) electrons. The average molecular weight is 489 g/mol. The number of hydrogen-bond acceptors (Lipinski definition) is 2. The van der Waals surface area contributed by atoms with Gasteiger partial charge in [0.2, 0.25) is 0 Å². The lowest BCUT2D eigenvalue weighted by atomic mass is 9.68. The van der Waals surface area contributed by atoms with E-state index in [9.17, 15) is 10.2 Å². The summed E-state index contributed by atoms with van der Waals surface area (Å²) in [5.74, 6) is 0.544. The summed E-state index contributed by atoms with van der Waals surface area (Å²) < 4.78 is 0. The number of fused-ring (bicyclic) bond motifs is 2. The maximum absolute atomic E-state index is 11.9. The molecule has 0 fully saturated rings. The third-order valence-electron chi connectivity index (χ3n) is 7.43. The summed E-state index contributed by atoms with van der Waals surface area (Å²) >= 11 is 0. The van der Waals surface area contributed by atoms with Crippen LogP contribution in [0.3, 0.4) is 0 Å². The van der Waals surface area contributed by atoms with Gasteiger partial charge in [0, 0.05) is 17.0 Å². The van der Waals surface area contributed by atoms with Crippen molar-refractivity contribution in [3.63, 3.8) is 0 Å². The van der Waals surface area contributed by atoms with Crippen LogP contribution in [0.25, 0.3) is 32.7 Å². The normalized spacial score (nSPS) is 13.2. The van der Waals surface area contributed by atoms with E-state index in [1.807, 2.05) is 12.1 Å². The molecule has 0 amide bonds. The van der Waals surface area contributed by atoms with Gasteiger partial charge in [0.1, 0.15) is 11.5 Å². The maximum Gasteiger partial charge on any atom is 0.123 e. The van der Waals surface area contributed by atoms with E-state index in [1.54, 1.807) is 12.1 Å². The molecular formula is C35H36O2. The molecule has 2 N–H and O–H groups in total. The molecule has 0 aliphatic carbocycles. The Kier molecular flexibility index (Phi) is 6.02. The van der Waals surface area contributed by atoms with Crippen LogP contribution in [0.1, 0.15) is 64.2 Å². The first-order valence-electron chi connectivity index (χ1n) is 13.0. The van der Waals surface area contributed by atoms with Crippen molar-refractivity contribution in [3.8, 4) is 22.6 Å². The van der Waals surface area contributed by atoms with Crippen LogP contribution in [0.5, 0.6) is 11.5 Å². The molecule has 0 saturated carbocycles. The monoisotopic (exact) mass is 488 g/mol. The van der Waals surface area contributed by atoms with Gasteiger partial charge in [-0.3, -0.25) is 0 Å². The second-order valence-corrected chi connectivity index (χ2v) is 12.3. The SMILES string of the molecule is CC(C)(C)c1cc(-c2ccc(O)cc2)cc(C(c2c3ccccc3cc3ccccc23)C(C)(C)C)c1O. The summed E-state index contributed by atoms with van der Waals surface area (Å²) in [7, 11) is 0. The minimum atomic E-state index is -0.255. The van der Waals surface area contributed by atoms with Crippen molar-refractivity contribution in [2.75, 3.05) is 0 Å². The molecule has 5 aromatic carbocycles. The molecule has 5 aromatic rings. The van der Waals surface area contributed by atoms with Crippen molar-refractivity contribution in [3.05, 3.63) is 108 Å². The Morgan fingerprint density at radius 3 is 1.65 bits per heavy atom. The fourth-order valence-corrected chi connectivity index (χ4v) is 5.68. The Morgan fingerprint density at radius 1 is 0.595 bits per heavy atom. The highest BCUT2D eigenvalue weighted by Crippen LogP contribution is 2.51. The van der Waals surface area contributed by atoms with Gasteiger partial charge in [0.25, 0.3) is 0 Å². The Bertz CT molecular complexity index is 1540. The van der Waals surface area contributed by atoms with E-state index < -0.39 is 0 Å². The van der Waals surface area contributed by atoms with Gasteiger partial charge in [0.05, 0.1) is 0 Å². The first kappa shape index (κ1) is 24.9. The van der Waals surface area contributed by atoms with Crippen LogP contribution in [0.4, 0.5) is 0 Å². The van der Waals surface area contributed by atoms with Gasteiger partial charge in [-0.25, -0.2) is 0 Å². The number of aromatic hydroxyl groups is 2. The fourth-order valence-electron chi connectivity index (χ4n) is 5.68. The molecule has 188 valence electrons. The number of phenolic OH excluding ortho intramolecular Hbond substituents is 2. The molecule has 0 aliphatic heterocycles. The molecule has 2 nitrogen and oxygen atoms in total. The Balaban J connectivity index is 1.91. The smallest absolute Gasteiger partial charge is 0.123 e. The second-order valence-electron chi connectivity index (χ2n) is 12.3. The zero-order valence-corrected chi connectivity index (χ0v) is 22.6. The molecule has 0 spiro atoms. The molecule has 1 atom stereocenters. The predicted molar refractivity (Wildman–Crippen MR) is 157 cm³/mol. The van der Waals surface area contributed by atoms with Crippen LogP contribution < -0.4 is 0 Å². The van der Waals surface area contributed by atoms with Crippen LogP contribution in [0.2, 0.25) is 0 Å². The molecule has 0 aliphatic rings. The first-order chi connectivity index (χ1) is 17.4. The number of hydrogen-bond donors (Lipinski definition) is 2. The van der Waals surface area contributed by atoms with E-state index in [0.29, 0.717) is 5.75 Å². The number of rotatable bonds is 3. The lowest BCUT2D eigenvalue weighted by Gasteiger charge is -2.36. The molecule has 5 rings (SSSR count). The van der Waals surface area contributed by atoms with Crippen molar-refractivity contribution >= 4 is 21.5 Å². The third kappa shape index (κ3) is 4.57. The third-order valence-corrected chi connectivity index (χ3v) is 7.43. The van der Waals surface area contributed by atoms with Gasteiger partial charge in [-0.05, 0) is 79.4 Å². The van der Waals surface area contributed by atoms with E-state index in [2.05, 4.69) is 108 Å². The van der Waals surface area contributed by atoms with Crippen LogP contribution in [-0.4, -0.2) is 10.2 Å². The molecule has 0 heterocycles. The largest absolute Gasteiger partial charge is 0.508 e. The van der Waals surface area contributed by atoms with Crippen molar-refractivity contribution < 1.29 is 10.2 Å². The zero-order valence-electron chi connectivity index (χ0n) is 22.6. The lowest BCUT2D eigenvalue weighted by Crippen LogP contribution is -2.22. The summed E-state index contributed by atoms with van der Waals surface area (Å²) in [5, 5.41) is 26.7. The van der Waals surface area contributed by atoms with E-state index in [4.69, 9.17) is 0 Å². The van der Waals surface area contributed by atoms with Gasteiger partial charge < -0.3 is 10.2 Å². The molecule has 0 bridgehead atoms. The lowest BCUT2D eigenvalue weighted by molar-refractivity contribution is 0.347. The summed E-state index contributed by atoms with van der Waals surface area (Å²) in [6.07, 6.45) is 0. The minimum absolute atomic E-state index is 0.0679. The summed E-state index contributed by atoms with van der Waals surface area (Å²) in [6, 6.07) is 31.0. The van der Waals surface area contributed by atoms with Gasteiger partial charge >= 0.3 is 0 Å². The highest BCUT2D eigenvalue weighted by molar-refractivity contribution is 6.03. The van der Waals surface area contributed by atoms with Gasteiger partial charge in [-0.1, -0.05) is 102 Å². The van der Waals surface area contributed by atoms with Crippen molar-refractivity contribution in [1.29, 1.82) is 0 Å². The highest BCUT2D eigenvalue weighted by atomic mass is 16.3. The van der Waals surface area contributed by atoms with Crippen LogP contribution in [-0.2, 0) is 5.41 Å². The zero-order chi connectivity index (χ0) is 26.5. The van der Waals surface area contributed by atoms with E-state index in [-0.39, 0.29) is 22.5 Å². The standard InChI is InChI=1S/C35H36O2/c1-34(2,3)30-21-25(22-15-17-26(36)18-16-22)20-29(33(30)37)32(35(4,5)6)31-27-13-9-7-11-23(27)19-24-12-8-10-14-28(24)31/h7-21,32,36-37H,1-6H3. The molecule has 0 aromatic heterocycles. The van der Waals surface area contributed by atoms with Gasteiger partial charge in [0.15, 0.2) is 0 Å². The molecule has 2 heteroatoms. The van der Waals surface area contributed by atoms with E-state index in [1.165, 1.54) is 27.1 Å². The predicted octanol–water partition coefficient (Wildman–Crippen LogP) is 9.55. The maximum atomic E-state index is 11.9. The van der Waals surface area contributed by atoms with Crippen LogP contribution in [0.15, 0.2) is 91.0 Å². The van der Waals surface area contributed by atoms with Crippen LogP contribution in [0, 0.1) is 5.41 Å². The van der Waals surface area contributed by atoms with Gasteiger partial charge in [-0.2, -0.15) is 0 Å². The van der Waals surface area contributed by atoms with E-state index in [0.717, 1.165) is 22.3 Å². The second kappa shape index (κ2) is 8.95. The fraction of sp³-hybridized carbons (Fsp3) is 0.257. The minimum Gasteiger partial charge on any atom is -0.508 e. The van der Waals surface area contributed by atoms with Crippen LogP contribution >= 0.6 is 0 Å². The number of phenols is 2.